The van der Waals surface area contributed by atoms with Gasteiger partial charge in [0.05, 0.1) is 18.0 Å². The number of halogens is 3. The van der Waals surface area contributed by atoms with Crippen LogP contribution in [0.2, 0.25) is 0 Å². The molecule has 0 amide bonds. The molecule has 1 aromatic carbocycles. The fourth-order valence-corrected chi connectivity index (χ4v) is 4.18. The van der Waals surface area contributed by atoms with Crippen molar-refractivity contribution >= 4 is 10.0 Å². The van der Waals surface area contributed by atoms with Crippen molar-refractivity contribution in [2.45, 2.75) is 38.2 Å². The van der Waals surface area contributed by atoms with Gasteiger partial charge in [-0.2, -0.15) is 5.10 Å². The molecule has 2 atom stereocenters. The highest BCUT2D eigenvalue weighted by molar-refractivity contribution is 7.89. The van der Waals surface area contributed by atoms with E-state index in [-0.39, 0.29) is 24.5 Å². The quantitative estimate of drug-likeness (QED) is 0.751. The maximum Gasteiger partial charge on any atom is 0.248 e. The van der Waals surface area contributed by atoms with Crippen molar-refractivity contribution in [1.82, 2.24) is 14.5 Å². The Hall–Kier alpha value is -2.07. The van der Waals surface area contributed by atoms with Crippen molar-refractivity contribution in [3.8, 4) is 11.4 Å². The number of alkyl halides is 2. The summed E-state index contributed by atoms with van der Waals surface area (Å²) in [5, 5.41) is 4.01. The van der Waals surface area contributed by atoms with E-state index in [0.717, 1.165) is 0 Å². The van der Waals surface area contributed by atoms with Crippen molar-refractivity contribution in [2.75, 3.05) is 12.4 Å². The van der Waals surface area contributed by atoms with Gasteiger partial charge in [-0.1, -0.05) is 0 Å². The largest absolute Gasteiger partial charge is 0.490 e. The number of nitrogens with one attached hydrogen (secondary N) is 1. The molecule has 0 unspecified atom stereocenters. The number of sulfonamides is 1. The van der Waals surface area contributed by atoms with Crippen LogP contribution in [0.1, 0.15) is 26.2 Å². The van der Waals surface area contributed by atoms with Crippen LogP contribution >= 0.6 is 0 Å². The van der Waals surface area contributed by atoms with E-state index < -0.39 is 46.6 Å². The van der Waals surface area contributed by atoms with Crippen molar-refractivity contribution < 1.29 is 26.3 Å². The summed E-state index contributed by atoms with van der Waals surface area (Å²) in [6.45, 7) is 1.26. The average molecular weight is 417 g/mol. The third-order valence-electron chi connectivity index (χ3n) is 4.80. The number of ether oxygens (including phenoxy) is 1. The Morgan fingerprint density at radius 1 is 1.39 bits per heavy atom. The molecule has 10 heteroatoms. The summed E-state index contributed by atoms with van der Waals surface area (Å²) >= 11 is 0. The number of nitrogens with zero attached hydrogens (tertiary/aromatic N) is 2. The zero-order valence-corrected chi connectivity index (χ0v) is 16.1. The molecule has 28 heavy (non-hydrogen) atoms. The molecule has 1 fully saturated rings. The van der Waals surface area contributed by atoms with Gasteiger partial charge in [0.15, 0.2) is 11.6 Å². The van der Waals surface area contributed by atoms with Crippen LogP contribution in [0.25, 0.3) is 5.69 Å². The van der Waals surface area contributed by atoms with Crippen LogP contribution in [-0.4, -0.2) is 42.5 Å². The summed E-state index contributed by atoms with van der Waals surface area (Å²) in [5.41, 5.74) is 0.493. The van der Waals surface area contributed by atoms with E-state index >= 15 is 0 Å². The van der Waals surface area contributed by atoms with Crippen LogP contribution in [-0.2, 0) is 10.0 Å². The Balaban J connectivity index is 1.71. The minimum absolute atomic E-state index is 0.000968. The van der Waals surface area contributed by atoms with Gasteiger partial charge in [0.25, 0.3) is 0 Å². The predicted molar refractivity (Wildman–Crippen MR) is 97.7 cm³/mol. The fraction of sp³-hybridized carbons (Fsp3) is 0.500. The van der Waals surface area contributed by atoms with Crippen molar-refractivity contribution in [3.63, 3.8) is 0 Å². The Labute approximate surface area is 161 Å². The monoisotopic (exact) mass is 417 g/mol. The zero-order chi connectivity index (χ0) is 20.4. The van der Waals surface area contributed by atoms with Gasteiger partial charge in [-0.05, 0) is 31.5 Å². The molecule has 6 nitrogen and oxygen atoms in total. The molecule has 3 rings (SSSR count). The predicted octanol–water partition coefficient (Wildman–Crippen LogP) is 3.13. The van der Waals surface area contributed by atoms with Crippen LogP contribution < -0.4 is 9.46 Å². The number of hydrogen-bond donors (Lipinski definition) is 1. The standard InChI is InChI=1S/C18H22F3N3O3S/c1-2-28(25,26)23-16-6-7-18(20,21)11-13(16)12-27-17-5-4-14(10-15(17)19)24-9-3-8-22-24/h3-5,8-10,13,16,23H,2,6-7,11-12H2,1H3/t13-,16+/m1/s1. The molecule has 0 bridgehead atoms. The summed E-state index contributed by atoms with van der Waals surface area (Å²) in [6, 6.07) is 5.26. The van der Waals surface area contributed by atoms with Gasteiger partial charge in [0.2, 0.25) is 15.9 Å². The highest BCUT2D eigenvalue weighted by atomic mass is 32.2. The van der Waals surface area contributed by atoms with Crippen molar-refractivity contribution in [3.05, 3.63) is 42.5 Å². The summed E-state index contributed by atoms with van der Waals surface area (Å²) in [4.78, 5) is 0. The third kappa shape index (κ3) is 5.05. The summed E-state index contributed by atoms with van der Waals surface area (Å²) < 4.78 is 75.1. The second kappa shape index (κ2) is 8.12. The minimum atomic E-state index is -3.55. The molecule has 1 aromatic heterocycles. The molecular formula is C18H22F3N3O3S. The van der Waals surface area contributed by atoms with Crippen LogP contribution in [0, 0.1) is 11.7 Å². The van der Waals surface area contributed by atoms with Crippen molar-refractivity contribution in [1.29, 1.82) is 0 Å². The molecule has 0 saturated heterocycles. The van der Waals surface area contributed by atoms with E-state index in [1.54, 1.807) is 24.5 Å². The fourth-order valence-electron chi connectivity index (χ4n) is 3.24. The van der Waals surface area contributed by atoms with E-state index in [9.17, 15) is 21.6 Å². The molecule has 1 saturated carbocycles. The lowest BCUT2D eigenvalue weighted by atomic mass is 9.83. The molecule has 1 heterocycles. The molecular weight excluding hydrogens is 395 g/mol. The Morgan fingerprint density at radius 3 is 2.82 bits per heavy atom. The van der Waals surface area contributed by atoms with Gasteiger partial charge in [-0.15, -0.1) is 0 Å². The Kier molecular flexibility index (Phi) is 5.99. The normalized spacial score (nSPS) is 22.1. The first-order chi connectivity index (χ1) is 13.2. The van der Waals surface area contributed by atoms with Crippen LogP contribution in [0.4, 0.5) is 13.2 Å². The van der Waals surface area contributed by atoms with Crippen molar-refractivity contribution in [2.24, 2.45) is 5.92 Å². The number of aromatic nitrogens is 2. The molecule has 2 aromatic rings. The lowest BCUT2D eigenvalue weighted by Gasteiger charge is -2.36. The number of hydrogen-bond acceptors (Lipinski definition) is 4. The second-order valence-electron chi connectivity index (χ2n) is 6.86. The lowest BCUT2D eigenvalue weighted by Crippen LogP contribution is -2.48. The van der Waals surface area contributed by atoms with E-state index in [2.05, 4.69) is 9.82 Å². The SMILES string of the molecule is CCS(=O)(=O)N[C@H]1CCC(F)(F)C[C@@H]1COc1ccc(-n2cccn2)cc1F. The van der Waals surface area contributed by atoms with Gasteiger partial charge < -0.3 is 4.74 Å². The second-order valence-corrected chi connectivity index (χ2v) is 8.91. The van der Waals surface area contributed by atoms with Gasteiger partial charge in [0, 0.05) is 43.3 Å². The molecule has 0 aliphatic heterocycles. The molecule has 1 N–H and O–H groups in total. The Morgan fingerprint density at radius 2 is 2.18 bits per heavy atom. The summed E-state index contributed by atoms with van der Waals surface area (Å²) in [6.07, 6.45) is 2.30. The van der Waals surface area contributed by atoms with Crippen LogP contribution in [0.3, 0.4) is 0 Å². The van der Waals surface area contributed by atoms with Gasteiger partial charge >= 0.3 is 0 Å². The van der Waals surface area contributed by atoms with E-state index in [1.165, 1.54) is 23.7 Å². The maximum atomic E-state index is 14.3. The number of rotatable bonds is 7. The molecule has 0 spiro atoms. The van der Waals surface area contributed by atoms with Crippen LogP contribution in [0.5, 0.6) is 5.75 Å². The zero-order valence-electron chi connectivity index (χ0n) is 15.3. The van der Waals surface area contributed by atoms with E-state index in [4.69, 9.17) is 4.74 Å². The Bertz CT molecular complexity index is 904. The smallest absolute Gasteiger partial charge is 0.248 e. The van der Waals surface area contributed by atoms with Gasteiger partial charge in [-0.3, -0.25) is 0 Å². The molecule has 154 valence electrons. The topological polar surface area (TPSA) is 73.2 Å². The van der Waals surface area contributed by atoms with Gasteiger partial charge in [0.1, 0.15) is 0 Å². The lowest BCUT2D eigenvalue weighted by molar-refractivity contribution is -0.0662. The third-order valence-corrected chi connectivity index (χ3v) is 6.22. The molecule has 0 radical (unpaired) electrons. The average Bonchev–Trinajstić information content (AvgIpc) is 3.17. The van der Waals surface area contributed by atoms with Crippen LogP contribution in [0.15, 0.2) is 36.7 Å². The molecule has 1 aliphatic carbocycles. The summed E-state index contributed by atoms with van der Waals surface area (Å²) in [5.74, 6) is -4.54. The first kappa shape index (κ1) is 20.7. The highest BCUT2D eigenvalue weighted by Gasteiger charge is 2.42. The van der Waals surface area contributed by atoms with E-state index in [0.29, 0.717) is 5.69 Å². The summed E-state index contributed by atoms with van der Waals surface area (Å²) in [7, 11) is -3.55. The minimum Gasteiger partial charge on any atom is -0.490 e. The van der Waals surface area contributed by atoms with Gasteiger partial charge in [-0.25, -0.2) is 31.0 Å². The first-order valence-corrected chi connectivity index (χ1v) is 10.6. The van der Waals surface area contributed by atoms with E-state index in [1.807, 2.05) is 0 Å². The highest BCUT2D eigenvalue weighted by Crippen LogP contribution is 2.37. The first-order valence-electron chi connectivity index (χ1n) is 8.99. The molecule has 1 aliphatic rings. The number of benzene rings is 1. The maximum absolute atomic E-state index is 14.3.